The number of ether oxygens (including phenoxy) is 1. The van der Waals surface area contributed by atoms with E-state index in [1.165, 1.54) is 27.2 Å². The topological polar surface area (TPSA) is 49.8 Å². The van der Waals surface area contributed by atoms with Crippen LogP contribution in [0.4, 0.5) is 9.18 Å². The lowest BCUT2D eigenvalue weighted by Gasteiger charge is -2.34. The molecule has 2 aliphatic rings. The van der Waals surface area contributed by atoms with Gasteiger partial charge in [-0.3, -0.25) is 0 Å². The molecule has 1 heterocycles. The summed E-state index contributed by atoms with van der Waals surface area (Å²) in [5, 5.41) is 9.10. The molecule has 1 amide bonds. The molecule has 0 atom stereocenters. The molecule has 2 aromatic rings. The van der Waals surface area contributed by atoms with E-state index in [2.05, 4.69) is 24.3 Å². The number of alkyl halides is 1. The number of hydrogen-bond donors (Lipinski definition) is 1. The Balaban J connectivity index is 1.45. The molecular weight excluding hydrogens is 333 g/mol. The van der Waals surface area contributed by atoms with Gasteiger partial charge in [0.1, 0.15) is 12.3 Å². The molecule has 5 heteroatoms. The first-order valence-corrected chi connectivity index (χ1v) is 9.01. The van der Waals surface area contributed by atoms with Crippen molar-refractivity contribution in [1.29, 1.82) is 0 Å². The van der Waals surface area contributed by atoms with E-state index in [-0.39, 0.29) is 38.5 Å². The molecule has 0 unspecified atom stereocenters. The van der Waals surface area contributed by atoms with Crippen LogP contribution in [0.3, 0.4) is 0 Å². The molecule has 1 N–H and O–H groups in total. The van der Waals surface area contributed by atoms with E-state index < -0.39 is 18.4 Å². The van der Waals surface area contributed by atoms with Crippen LogP contribution in [0.25, 0.3) is 11.1 Å². The highest BCUT2D eigenvalue weighted by atomic mass is 19.1. The zero-order chi connectivity index (χ0) is 18.1. The van der Waals surface area contributed by atoms with Crippen molar-refractivity contribution in [3.8, 4) is 11.1 Å². The van der Waals surface area contributed by atoms with E-state index in [9.17, 15) is 9.18 Å². The average Bonchev–Trinajstić information content (AvgIpc) is 3.01. The maximum Gasteiger partial charge on any atom is 0.409 e. The monoisotopic (exact) mass is 355 g/mol. The van der Waals surface area contributed by atoms with Crippen molar-refractivity contribution >= 4 is 6.09 Å². The summed E-state index contributed by atoms with van der Waals surface area (Å²) >= 11 is 0. The highest BCUT2D eigenvalue weighted by molar-refractivity contribution is 5.79. The minimum Gasteiger partial charge on any atom is -0.448 e. The van der Waals surface area contributed by atoms with Gasteiger partial charge < -0.3 is 14.7 Å². The largest absolute Gasteiger partial charge is 0.448 e. The van der Waals surface area contributed by atoms with Crippen LogP contribution in [0, 0.1) is 0 Å². The molecule has 0 radical (unpaired) electrons. The van der Waals surface area contributed by atoms with Gasteiger partial charge in [-0.2, -0.15) is 0 Å². The first-order chi connectivity index (χ1) is 12.6. The number of carbonyl (C=O) groups excluding carboxylic acids is 1. The number of nitrogens with zero attached hydrogens (tertiary/aromatic N) is 1. The Morgan fingerprint density at radius 1 is 1.08 bits per heavy atom. The molecule has 0 saturated carbocycles. The Labute approximate surface area is 152 Å². The number of carbonyl (C=O) groups is 1. The summed E-state index contributed by atoms with van der Waals surface area (Å²) in [5.74, 6) is 0.0221. The summed E-state index contributed by atoms with van der Waals surface area (Å²) in [6, 6.07) is 16.4. The second-order valence-corrected chi connectivity index (χ2v) is 7.10. The lowest BCUT2D eigenvalue weighted by Crippen LogP contribution is -2.46. The quantitative estimate of drug-likeness (QED) is 0.913. The van der Waals surface area contributed by atoms with Gasteiger partial charge in [-0.05, 0) is 22.3 Å². The predicted octanol–water partition coefficient (Wildman–Crippen LogP) is 3.73. The maximum absolute atomic E-state index is 14.1. The van der Waals surface area contributed by atoms with Crippen LogP contribution >= 0.6 is 0 Å². The third kappa shape index (κ3) is 2.97. The standard InChI is InChI=1S/C21H22FNO3/c22-21(14-24)9-11-23(12-10-21)20(25)26-13-19-17-7-3-1-5-15(17)16-6-2-4-8-18(16)19/h1-8,19,24H,9-14H2. The summed E-state index contributed by atoms with van der Waals surface area (Å²) in [6.07, 6.45) is -0.117. The smallest absolute Gasteiger partial charge is 0.409 e. The maximum atomic E-state index is 14.1. The summed E-state index contributed by atoms with van der Waals surface area (Å²) in [4.78, 5) is 13.9. The number of rotatable bonds is 3. The van der Waals surface area contributed by atoms with Crippen molar-refractivity contribution in [3.63, 3.8) is 0 Å². The van der Waals surface area contributed by atoms with Crippen molar-refractivity contribution < 1.29 is 19.0 Å². The molecule has 1 fully saturated rings. The molecule has 4 rings (SSSR count). The fourth-order valence-corrected chi connectivity index (χ4v) is 3.93. The van der Waals surface area contributed by atoms with E-state index in [4.69, 9.17) is 9.84 Å². The number of halogens is 1. The zero-order valence-electron chi connectivity index (χ0n) is 14.5. The minimum absolute atomic E-state index is 0.0221. The van der Waals surface area contributed by atoms with Crippen molar-refractivity contribution in [3.05, 3.63) is 59.7 Å². The van der Waals surface area contributed by atoms with Gasteiger partial charge in [0.05, 0.1) is 6.61 Å². The number of likely N-dealkylation sites (tertiary alicyclic amines) is 1. The molecule has 136 valence electrons. The lowest BCUT2D eigenvalue weighted by molar-refractivity contribution is 0.00612. The molecule has 1 aliphatic heterocycles. The van der Waals surface area contributed by atoms with Gasteiger partial charge in [-0.25, -0.2) is 9.18 Å². The van der Waals surface area contributed by atoms with Crippen LogP contribution in [-0.4, -0.2) is 48.1 Å². The predicted molar refractivity (Wildman–Crippen MR) is 96.8 cm³/mol. The molecule has 26 heavy (non-hydrogen) atoms. The number of piperidine rings is 1. The molecule has 1 aliphatic carbocycles. The van der Waals surface area contributed by atoms with E-state index in [0.717, 1.165) is 0 Å². The normalized spacial score (nSPS) is 18.3. The van der Waals surface area contributed by atoms with Crippen LogP contribution in [0.2, 0.25) is 0 Å². The van der Waals surface area contributed by atoms with Gasteiger partial charge in [0.15, 0.2) is 0 Å². The summed E-state index contributed by atoms with van der Waals surface area (Å²) in [7, 11) is 0. The van der Waals surface area contributed by atoms with E-state index in [1.807, 2.05) is 24.3 Å². The van der Waals surface area contributed by atoms with E-state index in [1.54, 1.807) is 0 Å². The van der Waals surface area contributed by atoms with Crippen molar-refractivity contribution in [2.75, 3.05) is 26.3 Å². The van der Waals surface area contributed by atoms with Crippen molar-refractivity contribution in [2.45, 2.75) is 24.4 Å². The number of aliphatic hydroxyl groups is 1. The second-order valence-electron chi connectivity index (χ2n) is 7.10. The Morgan fingerprint density at radius 3 is 2.15 bits per heavy atom. The highest BCUT2D eigenvalue weighted by Gasteiger charge is 2.36. The van der Waals surface area contributed by atoms with Crippen LogP contribution in [0.5, 0.6) is 0 Å². The number of hydrogen-bond acceptors (Lipinski definition) is 3. The highest BCUT2D eigenvalue weighted by Crippen LogP contribution is 2.44. The van der Waals surface area contributed by atoms with Crippen LogP contribution in [0.15, 0.2) is 48.5 Å². The van der Waals surface area contributed by atoms with Gasteiger partial charge in [-0.1, -0.05) is 48.5 Å². The Hall–Kier alpha value is -2.40. The Bertz CT molecular complexity index is 769. The van der Waals surface area contributed by atoms with E-state index in [0.29, 0.717) is 0 Å². The van der Waals surface area contributed by atoms with Gasteiger partial charge in [-0.15, -0.1) is 0 Å². The molecule has 1 saturated heterocycles. The van der Waals surface area contributed by atoms with Gasteiger partial charge in [0, 0.05) is 31.8 Å². The fourth-order valence-electron chi connectivity index (χ4n) is 3.93. The lowest BCUT2D eigenvalue weighted by atomic mass is 9.95. The fraction of sp³-hybridized carbons (Fsp3) is 0.381. The molecule has 0 bridgehead atoms. The molecule has 0 aromatic heterocycles. The number of aliphatic hydroxyl groups excluding tert-OH is 1. The number of benzene rings is 2. The first kappa shape index (κ1) is 17.0. The molecule has 0 spiro atoms. The molecular formula is C21H22FNO3. The third-order valence-corrected chi connectivity index (χ3v) is 5.54. The molecule has 4 nitrogen and oxygen atoms in total. The summed E-state index contributed by atoms with van der Waals surface area (Å²) in [6.45, 7) is 0.317. The van der Waals surface area contributed by atoms with Crippen molar-refractivity contribution in [1.82, 2.24) is 4.90 Å². The third-order valence-electron chi connectivity index (χ3n) is 5.54. The average molecular weight is 355 g/mol. The first-order valence-electron chi connectivity index (χ1n) is 9.01. The number of amides is 1. The van der Waals surface area contributed by atoms with E-state index >= 15 is 0 Å². The Morgan fingerprint density at radius 2 is 1.62 bits per heavy atom. The second kappa shape index (κ2) is 6.72. The summed E-state index contributed by atoms with van der Waals surface area (Å²) in [5.41, 5.74) is 3.14. The van der Waals surface area contributed by atoms with Crippen molar-refractivity contribution in [2.24, 2.45) is 0 Å². The molecule has 2 aromatic carbocycles. The van der Waals surface area contributed by atoms with Crippen LogP contribution in [-0.2, 0) is 4.74 Å². The number of fused-ring (bicyclic) bond motifs is 3. The van der Waals surface area contributed by atoms with Gasteiger partial charge >= 0.3 is 6.09 Å². The van der Waals surface area contributed by atoms with Gasteiger partial charge in [0.25, 0.3) is 0 Å². The summed E-state index contributed by atoms with van der Waals surface area (Å²) < 4.78 is 19.7. The Kier molecular flexibility index (Phi) is 4.41. The zero-order valence-corrected chi connectivity index (χ0v) is 14.5. The SMILES string of the molecule is O=C(OCC1c2ccccc2-c2ccccc21)N1CCC(F)(CO)CC1. The van der Waals surface area contributed by atoms with Gasteiger partial charge in [0.2, 0.25) is 0 Å². The van der Waals surface area contributed by atoms with Crippen LogP contribution < -0.4 is 0 Å². The minimum atomic E-state index is -1.57. The van der Waals surface area contributed by atoms with Crippen LogP contribution in [0.1, 0.15) is 29.9 Å².